The molecule has 0 bridgehead atoms. The molecule has 1 heterocycles. The molecule has 0 aliphatic rings. The van der Waals surface area contributed by atoms with E-state index in [0.717, 1.165) is 12.1 Å². The number of anilines is 1. The molecular formula is C14H9ClFNO4. The smallest absolute Gasteiger partial charge is 0.328 e. The van der Waals surface area contributed by atoms with E-state index in [1.54, 1.807) is 0 Å². The number of benzene rings is 1. The molecule has 2 rings (SSSR count). The first-order chi connectivity index (χ1) is 9.97. The van der Waals surface area contributed by atoms with Gasteiger partial charge in [-0.3, -0.25) is 4.79 Å². The van der Waals surface area contributed by atoms with E-state index in [2.05, 4.69) is 5.32 Å². The first-order valence-corrected chi connectivity index (χ1v) is 6.10. The maximum atomic E-state index is 13.8. The summed E-state index contributed by atoms with van der Waals surface area (Å²) in [5.41, 5.74) is 0.393. The second-order valence-electron chi connectivity index (χ2n) is 3.97. The molecule has 0 fully saturated rings. The van der Waals surface area contributed by atoms with E-state index < -0.39 is 17.7 Å². The number of hydrogen-bond acceptors (Lipinski definition) is 3. The molecule has 21 heavy (non-hydrogen) atoms. The van der Waals surface area contributed by atoms with Crippen LogP contribution in [-0.4, -0.2) is 17.0 Å². The van der Waals surface area contributed by atoms with E-state index in [-0.39, 0.29) is 16.5 Å². The number of nitrogens with one attached hydrogen (secondary N) is 1. The fourth-order valence-corrected chi connectivity index (χ4v) is 1.75. The zero-order valence-corrected chi connectivity index (χ0v) is 11.2. The number of furan rings is 1. The molecule has 1 aromatic carbocycles. The number of carbonyl (C=O) groups is 2. The van der Waals surface area contributed by atoms with Gasteiger partial charge in [-0.2, -0.15) is 0 Å². The summed E-state index contributed by atoms with van der Waals surface area (Å²) in [6.07, 6.45) is 3.37. The van der Waals surface area contributed by atoms with Crippen molar-refractivity contribution < 1.29 is 23.5 Å². The van der Waals surface area contributed by atoms with Gasteiger partial charge in [0.2, 0.25) is 5.22 Å². The predicted molar refractivity (Wildman–Crippen MR) is 74.7 cm³/mol. The van der Waals surface area contributed by atoms with Crippen LogP contribution in [0.1, 0.15) is 15.9 Å². The molecule has 5 nitrogen and oxygen atoms in total. The van der Waals surface area contributed by atoms with Gasteiger partial charge in [0.1, 0.15) is 5.82 Å². The number of aliphatic carboxylic acids is 1. The summed E-state index contributed by atoms with van der Waals surface area (Å²) in [7, 11) is 0. The van der Waals surface area contributed by atoms with Gasteiger partial charge in [-0.1, -0.05) is 6.07 Å². The lowest BCUT2D eigenvalue weighted by Gasteiger charge is -2.06. The quantitative estimate of drug-likeness (QED) is 0.848. The van der Waals surface area contributed by atoms with Gasteiger partial charge in [-0.15, -0.1) is 0 Å². The van der Waals surface area contributed by atoms with Gasteiger partial charge in [0.05, 0.1) is 17.5 Å². The number of carbonyl (C=O) groups excluding carboxylic acids is 1. The summed E-state index contributed by atoms with van der Waals surface area (Å²) in [5.74, 6) is -2.45. The summed E-state index contributed by atoms with van der Waals surface area (Å²) in [6.45, 7) is 0. The largest absolute Gasteiger partial charge is 0.478 e. The van der Waals surface area contributed by atoms with E-state index >= 15 is 0 Å². The highest BCUT2D eigenvalue weighted by atomic mass is 35.5. The Morgan fingerprint density at radius 2 is 2.10 bits per heavy atom. The Kier molecular flexibility index (Phi) is 4.39. The summed E-state index contributed by atoms with van der Waals surface area (Å²) in [6, 6.07) is 5.25. The second-order valence-corrected chi connectivity index (χ2v) is 4.32. The minimum absolute atomic E-state index is 0.0512. The third kappa shape index (κ3) is 3.70. The lowest BCUT2D eigenvalue weighted by Crippen LogP contribution is -2.12. The number of carboxylic acid groups (broad SMARTS) is 1. The van der Waals surface area contributed by atoms with Crippen LogP contribution in [0.4, 0.5) is 10.1 Å². The van der Waals surface area contributed by atoms with Crippen LogP contribution >= 0.6 is 11.6 Å². The van der Waals surface area contributed by atoms with Crippen molar-refractivity contribution in [2.24, 2.45) is 0 Å². The summed E-state index contributed by atoms with van der Waals surface area (Å²) >= 11 is 5.65. The van der Waals surface area contributed by atoms with Crippen LogP contribution < -0.4 is 5.32 Å². The highest BCUT2D eigenvalue weighted by Gasteiger charge is 2.14. The van der Waals surface area contributed by atoms with Crippen LogP contribution in [-0.2, 0) is 4.79 Å². The average molecular weight is 310 g/mol. The molecule has 2 N–H and O–H groups in total. The van der Waals surface area contributed by atoms with Crippen LogP contribution in [0, 0.1) is 5.82 Å². The lowest BCUT2D eigenvalue weighted by atomic mass is 10.1. The van der Waals surface area contributed by atoms with E-state index in [9.17, 15) is 14.0 Å². The van der Waals surface area contributed by atoms with Crippen molar-refractivity contribution in [1.29, 1.82) is 0 Å². The highest BCUT2D eigenvalue weighted by molar-refractivity contribution is 6.32. The number of carboxylic acids is 1. The fraction of sp³-hybridized carbons (Fsp3) is 0. The maximum absolute atomic E-state index is 13.8. The molecule has 0 aliphatic carbocycles. The normalized spacial score (nSPS) is 10.8. The number of rotatable bonds is 4. The minimum Gasteiger partial charge on any atom is -0.478 e. The molecule has 7 heteroatoms. The van der Waals surface area contributed by atoms with Crippen molar-refractivity contribution in [3.63, 3.8) is 0 Å². The molecule has 1 aromatic heterocycles. The van der Waals surface area contributed by atoms with Gasteiger partial charge in [0, 0.05) is 6.08 Å². The number of amides is 1. The van der Waals surface area contributed by atoms with Crippen LogP contribution in [0.3, 0.4) is 0 Å². The van der Waals surface area contributed by atoms with Crippen molar-refractivity contribution in [2.45, 2.75) is 0 Å². The van der Waals surface area contributed by atoms with Gasteiger partial charge < -0.3 is 14.8 Å². The zero-order valence-electron chi connectivity index (χ0n) is 10.5. The Morgan fingerprint density at radius 1 is 1.33 bits per heavy atom. The van der Waals surface area contributed by atoms with Gasteiger partial charge in [0.25, 0.3) is 5.91 Å². The topological polar surface area (TPSA) is 79.5 Å². The highest BCUT2D eigenvalue weighted by Crippen LogP contribution is 2.21. The summed E-state index contributed by atoms with van der Waals surface area (Å²) in [4.78, 5) is 22.2. The molecule has 2 aromatic rings. The SMILES string of the molecule is O=C(O)/C=C/c1ccc(NC(=O)c2ccoc2Cl)c(F)c1. The number of halogens is 2. The Labute approximate surface area is 123 Å². The van der Waals surface area contributed by atoms with Gasteiger partial charge in [-0.05, 0) is 41.4 Å². The van der Waals surface area contributed by atoms with Crippen molar-refractivity contribution in [3.05, 3.63) is 58.8 Å². The lowest BCUT2D eigenvalue weighted by molar-refractivity contribution is -0.131. The summed E-state index contributed by atoms with van der Waals surface area (Å²) < 4.78 is 18.6. The third-order valence-electron chi connectivity index (χ3n) is 2.52. The number of hydrogen-bond donors (Lipinski definition) is 2. The van der Waals surface area contributed by atoms with Crippen LogP contribution in [0.2, 0.25) is 5.22 Å². The van der Waals surface area contributed by atoms with Gasteiger partial charge >= 0.3 is 5.97 Å². The van der Waals surface area contributed by atoms with Crippen molar-refractivity contribution in [3.8, 4) is 0 Å². The minimum atomic E-state index is -1.14. The first-order valence-electron chi connectivity index (χ1n) is 5.72. The Hall–Kier alpha value is -2.60. The van der Waals surface area contributed by atoms with Crippen molar-refractivity contribution >= 4 is 35.2 Å². The Balaban J connectivity index is 2.16. The summed E-state index contributed by atoms with van der Waals surface area (Å²) in [5, 5.41) is 10.7. The average Bonchev–Trinajstić information content (AvgIpc) is 2.85. The van der Waals surface area contributed by atoms with Crippen LogP contribution in [0.5, 0.6) is 0 Å². The van der Waals surface area contributed by atoms with Crippen LogP contribution in [0.15, 0.2) is 41.0 Å². The third-order valence-corrected chi connectivity index (χ3v) is 2.81. The van der Waals surface area contributed by atoms with Gasteiger partial charge in [-0.25, -0.2) is 9.18 Å². The molecule has 0 spiro atoms. The van der Waals surface area contributed by atoms with Gasteiger partial charge in [0.15, 0.2) is 0 Å². The monoisotopic (exact) mass is 309 g/mol. The van der Waals surface area contributed by atoms with E-state index in [0.29, 0.717) is 5.56 Å². The molecule has 0 saturated heterocycles. The van der Waals surface area contributed by atoms with E-state index in [1.807, 2.05) is 0 Å². The second kappa shape index (κ2) is 6.23. The fourth-order valence-electron chi connectivity index (χ4n) is 1.55. The Morgan fingerprint density at radius 3 is 2.67 bits per heavy atom. The molecule has 0 atom stereocenters. The molecular weight excluding hydrogens is 301 g/mol. The van der Waals surface area contributed by atoms with E-state index in [1.165, 1.54) is 30.5 Å². The molecule has 1 amide bonds. The predicted octanol–water partition coefficient (Wildman–Crippen LogP) is 3.42. The molecule has 108 valence electrons. The molecule has 0 aliphatic heterocycles. The maximum Gasteiger partial charge on any atom is 0.328 e. The van der Waals surface area contributed by atoms with Crippen molar-refractivity contribution in [1.82, 2.24) is 0 Å². The Bertz CT molecular complexity index is 724. The molecule has 0 radical (unpaired) electrons. The standard InChI is InChI=1S/C14H9ClFNO4/c15-13-9(5-6-21-13)14(20)17-11-3-1-8(7-10(11)16)2-4-12(18)19/h1-7H,(H,17,20)(H,18,19)/b4-2+. The molecule has 0 unspecified atom stereocenters. The molecule has 0 saturated carbocycles. The van der Waals surface area contributed by atoms with E-state index in [4.69, 9.17) is 21.1 Å². The first kappa shape index (κ1) is 14.8. The van der Waals surface area contributed by atoms with Crippen LogP contribution in [0.25, 0.3) is 6.08 Å². The van der Waals surface area contributed by atoms with Crippen molar-refractivity contribution in [2.75, 3.05) is 5.32 Å². The zero-order chi connectivity index (χ0) is 15.4.